The van der Waals surface area contributed by atoms with Crippen LogP contribution in [0.5, 0.6) is 0 Å². The lowest BCUT2D eigenvalue weighted by Crippen LogP contribution is -2.29. The highest BCUT2D eigenvalue weighted by Gasteiger charge is 2.20. The molecule has 2 aromatic rings. The van der Waals surface area contributed by atoms with Crippen LogP contribution in [0, 0.1) is 12.8 Å². The molecule has 1 fully saturated rings. The van der Waals surface area contributed by atoms with Crippen LogP contribution in [0.4, 0.5) is 5.69 Å². The van der Waals surface area contributed by atoms with Gasteiger partial charge < -0.3 is 10.6 Å². The van der Waals surface area contributed by atoms with Crippen LogP contribution in [0.3, 0.4) is 0 Å². The number of nitrogens with zero attached hydrogens (tertiary/aromatic N) is 2. The molecule has 6 heteroatoms. The molecule has 3 rings (SSSR count). The van der Waals surface area contributed by atoms with E-state index in [-0.39, 0.29) is 5.91 Å². The molecule has 0 saturated heterocycles. The molecule has 1 amide bonds. The molecule has 3 N–H and O–H groups in total. The SMILES string of the molecule is Cc1nc(-c2cccc(NC(=O)CNCC3CC3)c2)n[nH]1. The molecule has 21 heavy (non-hydrogen) atoms. The van der Waals surface area contributed by atoms with Crippen LogP contribution in [0.2, 0.25) is 0 Å². The fraction of sp³-hybridized carbons (Fsp3) is 0.400. The summed E-state index contributed by atoms with van der Waals surface area (Å²) in [5, 5.41) is 13.0. The maximum Gasteiger partial charge on any atom is 0.238 e. The Kier molecular flexibility index (Phi) is 3.96. The molecule has 110 valence electrons. The maximum absolute atomic E-state index is 11.9. The standard InChI is InChI=1S/C15H19N5O/c1-10-17-15(20-19-10)12-3-2-4-13(7-12)18-14(21)9-16-8-11-5-6-11/h2-4,7,11,16H,5-6,8-9H2,1H3,(H,18,21)(H,17,19,20). The van der Waals surface area contributed by atoms with E-state index in [4.69, 9.17) is 0 Å². The third-order valence-electron chi connectivity index (χ3n) is 3.42. The molecule has 0 spiro atoms. The van der Waals surface area contributed by atoms with Gasteiger partial charge in [0.2, 0.25) is 5.91 Å². The summed E-state index contributed by atoms with van der Waals surface area (Å²) in [5.41, 5.74) is 1.64. The number of hydrogen-bond acceptors (Lipinski definition) is 4. The van der Waals surface area contributed by atoms with Gasteiger partial charge in [0, 0.05) is 11.3 Å². The van der Waals surface area contributed by atoms with E-state index in [1.807, 2.05) is 31.2 Å². The predicted molar refractivity (Wildman–Crippen MR) is 80.8 cm³/mol. The number of rotatable bonds is 6. The second-order valence-corrected chi connectivity index (χ2v) is 5.45. The van der Waals surface area contributed by atoms with Gasteiger partial charge in [-0.25, -0.2) is 4.98 Å². The lowest BCUT2D eigenvalue weighted by molar-refractivity contribution is -0.115. The van der Waals surface area contributed by atoms with Crippen molar-refractivity contribution in [3.05, 3.63) is 30.1 Å². The van der Waals surface area contributed by atoms with E-state index in [2.05, 4.69) is 25.8 Å². The van der Waals surface area contributed by atoms with Gasteiger partial charge in [0.1, 0.15) is 5.82 Å². The molecule has 1 aromatic carbocycles. The number of amides is 1. The molecule has 1 heterocycles. The summed E-state index contributed by atoms with van der Waals surface area (Å²) in [6.45, 7) is 3.14. The summed E-state index contributed by atoms with van der Waals surface area (Å²) in [6.07, 6.45) is 2.57. The van der Waals surface area contributed by atoms with E-state index in [0.29, 0.717) is 12.4 Å². The highest BCUT2D eigenvalue weighted by molar-refractivity contribution is 5.92. The van der Waals surface area contributed by atoms with E-state index in [0.717, 1.165) is 29.5 Å². The molecule has 0 atom stereocenters. The topological polar surface area (TPSA) is 82.7 Å². The number of benzene rings is 1. The summed E-state index contributed by atoms with van der Waals surface area (Å²) >= 11 is 0. The largest absolute Gasteiger partial charge is 0.325 e. The monoisotopic (exact) mass is 285 g/mol. The minimum atomic E-state index is -0.0287. The predicted octanol–water partition coefficient (Wildman–Crippen LogP) is 1.72. The number of aryl methyl sites for hydroxylation is 1. The number of H-pyrrole nitrogens is 1. The Balaban J connectivity index is 1.58. The second kappa shape index (κ2) is 6.05. The smallest absolute Gasteiger partial charge is 0.238 e. The zero-order valence-electron chi connectivity index (χ0n) is 12.0. The van der Waals surface area contributed by atoms with E-state index in [9.17, 15) is 4.79 Å². The first kappa shape index (κ1) is 13.8. The van der Waals surface area contributed by atoms with Crippen LogP contribution in [-0.4, -0.2) is 34.2 Å². The highest BCUT2D eigenvalue weighted by Crippen LogP contribution is 2.27. The van der Waals surface area contributed by atoms with Gasteiger partial charge in [0.25, 0.3) is 0 Å². The first-order valence-corrected chi connectivity index (χ1v) is 7.21. The Labute approximate surface area is 123 Å². The Hall–Kier alpha value is -2.21. The molecule has 0 radical (unpaired) electrons. The summed E-state index contributed by atoms with van der Waals surface area (Å²) in [4.78, 5) is 16.1. The van der Waals surface area contributed by atoms with Crippen LogP contribution in [0.15, 0.2) is 24.3 Å². The van der Waals surface area contributed by atoms with Gasteiger partial charge in [-0.3, -0.25) is 9.89 Å². The lowest BCUT2D eigenvalue weighted by Gasteiger charge is -2.07. The Morgan fingerprint density at radius 3 is 3.00 bits per heavy atom. The highest BCUT2D eigenvalue weighted by atomic mass is 16.1. The number of hydrogen-bond donors (Lipinski definition) is 3. The van der Waals surface area contributed by atoms with Crippen molar-refractivity contribution in [3.8, 4) is 11.4 Å². The first-order chi connectivity index (χ1) is 10.2. The van der Waals surface area contributed by atoms with Crippen molar-refractivity contribution < 1.29 is 4.79 Å². The van der Waals surface area contributed by atoms with E-state index < -0.39 is 0 Å². The second-order valence-electron chi connectivity index (χ2n) is 5.45. The number of nitrogens with one attached hydrogen (secondary N) is 3. The fourth-order valence-corrected chi connectivity index (χ4v) is 2.12. The molecule has 1 aliphatic carbocycles. The van der Waals surface area contributed by atoms with Crippen LogP contribution in [0.25, 0.3) is 11.4 Å². The number of aromatic amines is 1. The van der Waals surface area contributed by atoms with Crippen LogP contribution < -0.4 is 10.6 Å². The van der Waals surface area contributed by atoms with Gasteiger partial charge in [-0.15, -0.1) is 0 Å². The quantitative estimate of drug-likeness (QED) is 0.754. The van der Waals surface area contributed by atoms with Crippen molar-refractivity contribution in [2.75, 3.05) is 18.4 Å². The molecule has 1 aromatic heterocycles. The van der Waals surface area contributed by atoms with Crippen molar-refractivity contribution in [2.45, 2.75) is 19.8 Å². The van der Waals surface area contributed by atoms with Gasteiger partial charge in [0.15, 0.2) is 5.82 Å². The Bertz CT molecular complexity index is 632. The zero-order valence-corrected chi connectivity index (χ0v) is 12.0. The normalized spacial score (nSPS) is 14.1. The molecule has 1 aliphatic rings. The van der Waals surface area contributed by atoms with E-state index in [1.54, 1.807) is 0 Å². The van der Waals surface area contributed by atoms with Crippen molar-refractivity contribution in [3.63, 3.8) is 0 Å². The van der Waals surface area contributed by atoms with E-state index in [1.165, 1.54) is 12.8 Å². The summed E-state index contributed by atoms with van der Waals surface area (Å²) in [5.74, 6) is 2.15. The minimum Gasteiger partial charge on any atom is -0.325 e. The number of aromatic nitrogens is 3. The summed E-state index contributed by atoms with van der Waals surface area (Å²) in [6, 6.07) is 7.54. The van der Waals surface area contributed by atoms with Crippen molar-refractivity contribution in [2.24, 2.45) is 5.92 Å². The third kappa shape index (κ3) is 3.88. The average molecular weight is 285 g/mol. The lowest BCUT2D eigenvalue weighted by atomic mass is 10.2. The zero-order chi connectivity index (χ0) is 14.7. The molecule has 1 saturated carbocycles. The van der Waals surface area contributed by atoms with Crippen LogP contribution in [0.1, 0.15) is 18.7 Å². The number of carbonyl (C=O) groups is 1. The van der Waals surface area contributed by atoms with Gasteiger partial charge in [0.05, 0.1) is 6.54 Å². The van der Waals surface area contributed by atoms with Crippen LogP contribution >= 0.6 is 0 Å². The number of carbonyl (C=O) groups excluding carboxylic acids is 1. The van der Waals surface area contributed by atoms with E-state index >= 15 is 0 Å². The Morgan fingerprint density at radius 1 is 1.43 bits per heavy atom. The summed E-state index contributed by atoms with van der Waals surface area (Å²) < 4.78 is 0. The third-order valence-corrected chi connectivity index (χ3v) is 3.42. The molecule has 0 aliphatic heterocycles. The van der Waals surface area contributed by atoms with Gasteiger partial charge >= 0.3 is 0 Å². The van der Waals surface area contributed by atoms with Gasteiger partial charge in [-0.1, -0.05) is 12.1 Å². The minimum absolute atomic E-state index is 0.0287. The molecular formula is C15H19N5O. The molecule has 0 bridgehead atoms. The molecule has 6 nitrogen and oxygen atoms in total. The van der Waals surface area contributed by atoms with Crippen molar-refractivity contribution >= 4 is 11.6 Å². The maximum atomic E-state index is 11.9. The molecule has 0 unspecified atom stereocenters. The summed E-state index contributed by atoms with van der Waals surface area (Å²) in [7, 11) is 0. The fourth-order valence-electron chi connectivity index (χ4n) is 2.12. The number of anilines is 1. The average Bonchev–Trinajstić information content (AvgIpc) is 3.18. The first-order valence-electron chi connectivity index (χ1n) is 7.21. The van der Waals surface area contributed by atoms with Crippen LogP contribution in [-0.2, 0) is 4.79 Å². The molecular weight excluding hydrogens is 266 g/mol. The van der Waals surface area contributed by atoms with Crippen molar-refractivity contribution in [1.29, 1.82) is 0 Å². The van der Waals surface area contributed by atoms with Gasteiger partial charge in [-0.05, 0) is 44.4 Å². The van der Waals surface area contributed by atoms with Crippen molar-refractivity contribution in [1.82, 2.24) is 20.5 Å². The van der Waals surface area contributed by atoms with Gasteiger partial charge in [-0.2, -0.15) is 5.10 Å². The Morgan fingerprint density at radius 2 is 2.29 bits per heavy atom.